The van der Waals surface area contributed by atoms with E-state index in [1.807, 2.05) is 50.2 Å². The van der Waals surface area contributed by atoms with Crippen LogP contribution in [0.25, 0.3) is 16.8 Å². The van der Waals surface area contributed by atoms with Crippen LogP contribution in [0.15, 0.2) is 84.4 Å². The molecule has 0 bridgehead atoms. The number of rotatable bonds is 6. The van der Waals surface area contributed by atoms with Gasteiger partial charge < -0.3 is 4.74 Å². The van der Waals surface area contributed by atoms with E-state index in [9.17, 15) is 24.5 Å². The molecule has 1 saturated heterocycles. The first kappa shape index (κ1) is 25.3. The highest BCUT2D eigenvalue weighted by atomic mass is 16.6. The number of nitro benzene ring substituents is 1. The van der Waals surface area contributed by atoms with E-state index in [4.69, 9.17) is 4.74 Å². The van der Waals surface area contributed by atoms with Crippen LogP contribution in [0.3, 0.4) is 0 Å². The molecule has 0 saturated carbocycles. The number of amides is 4. The van der Waals surface area contributed by atoms with Crippen LogP contribution in [0.5, 0.6) is 5.75 Å². The van der Waals surface area contributed by atoms with E-state index >= 15 is 0 Å². The first-order valence-corrected chi connectivity index (χ1v) is 12.1. The standard InChI is InChI=1S/C30H23N3O6/c1-18-12-19(2)14-23(13-18)32-29(35)26(28(34)31-30(32)36)16-25-24-9-4-3-7-21(24)10-11-27(25)39-17-20-6-5-8-22(15-20)33(37)38/h3-16H,17H2,1-2H3,(H,31,34,36)/b26-16+. The number of fused-ring (bicyclic) bond motifs is 1. The SMILES string of the molecule is Cc1cc(C)cc(N2C(=O)NC(=O)/C(=C\c3c(OCc4cccc([N+](=O)[O-])c4)ccc4ccccc34)C2=O)c1. The van der Waals surface area contributed by atoms with Gasteiger partial charge >= 0.3 is 6.03 Å². The van der Waals surface area contributed by atoms with Crippen LogP contribution < -0.4 is 15.0 Å². The fraction of sp³-hybridized carbons (Fsp3) is 0.100. The zero-order valence-electron chi connectivity index (χ0n) is 21.1. The van der Waals surface area contributed by atoms with Crippen molar-refractivity contribution in [2.75, 3.05) is 4.90 Å². The third kappa shape index (κ3) is 5.10. The van der Waals surface area contributed by atoms with E-state index in [-0.39, 0.29) is 17.9 Å². The minimum absolute atomic E-state index is 0.0174. The highest BCUT2D eigenvalue weighted by Gasteiger charge is 2.37. The maximum absolute atomic E-state index is 13.6. The van der Waals surface area contributed by atoms with Gasteiger partial charge in [0.1, 0.15) is 17.9 Å². The van der Waals surface area contributed by atoms with Gasteiger partial charge in [0.15, 0.2) is 0 Å². The van der Waals surface area contributed by atoms with Gasteiger partial charge in [-0.2, -0.15) is 0 Å². The Morgan fingerprint density at radius 1 is 0.923 bits per heavy atom. The number of hydrogen-bond donors (Lipinski definition) is 1. The fourth-order valence-electron chi connectivity index (χ4n) is 4.59. The number of nitro groups is 1. The van der Waals surface area contributed by atoms with Crippen molar-refractivity contribution < 1.29 is 24.0 Å². The summed E-state index contributed by atoms with van der Waals surface area (Å²) in [4.78, 5) is 50.8. The minimum Gasteiger partial charge on any atom is -0.488 e. The van der Waals surface area contributed by atoms with Crippen molar-refractivity contribution >= 4 is 46.1 Å². The van der Waals surface area contributed by atoms with Gasteiger partial charge in [0.2, 0.25) is 0 Å². The van der Waals surface area contributed by atoms with Crippen LogP contribution in [0.1, 0.15) is 22.3 Å². The molecule has 4 amide bonds. The van der Waals surface area contributed by atoms with Gasteiger partial charge in [-0.25, -0.2) is 9.69 Å². The average Bonchev–Trinajstić information content (AvgIpc) is 2.89. The van der Waals surface area contributed by atoms with Gasteiger partial charge in [-0.3, -0.25) is 25.0 Å². The number of hydrogen-bond acceptors (Lipinski definition) is 6. The summed E-state index contributed by atoms with van der Waals surface area (Å²) < 4.78 is 6.05. The molecule has 0 unspecified atom stereocenters. The van der Waals surface area contributed by atoms with E-state index in [0.29, 0.717) is 22.6 Å². The summed E-state index contributed by atoms with van der Waals surface area (Å²) in [5.41, 5.74) is 2.83. The highest BCUT2D eigenvalue weighted by molar-refractivity contribution is 6.39. The molecule has 0 spiro atoms. The number of urea groups is 1. The van der Waals surface area contributed by atoms with Crippen LogP contribution >= 0.6 is 0 Å². The quantitative estimate of drug-likeness (QED) is 0.152. The lowest BCUT2D eigenvalue weighted by molar-refractivity contribution is -0.384. The van der Waals surface area contributed by atoms with E-state index in [2.05, 4.69) is 5.32 Å². The van der Waals surface area contributed by atoms with Gasteiger partial charge in [0.25, 0.3) is 17.5 Å². The molecule has 0 radical (unpaired) electrons. The number of nitrogens with zero attached hydrogens (tertiary/aromatic N) is 2. The fourth-order valence-corrected chi connectivity index (χ4v) is 4.59. The molecule has 4 aromatic rings. The molecule has 0 aliphatic carbocycles. The largest absolute Gasteiger partial charge is 0.488 e. The number of anilines is 1. The number of non-ortho nitro benzene ring substituents is 1. The van der Waals surface area contributed by atoms with E-state index in [1.165, 1.54) is 18.2 Å². The molecule has 9 heteroatoms. The number of nitrogens with one attached hydrogen (secondary N) is 1. The summed E-state index contributed by atoms with van der Waals surface area (Å²) in [6, 6.07) is 21.5. The lowest BCUT2D eigenvalue weighted by Crippen LogP contribution is -2.54. The Hall–Kier alpha value is -5.31. The molecule has 1 heterocycles. The average molecular weight is 522 g/mol. The molecule has 5 rings (SSSR count). The number of carbonyl (C=O) groups is 3. The van der Waals surface area contributed by atoms with Crippen LogP contribution in [0.2, 0.25) is 0 Å². The number of ether oxygens (including phenoxy) is 1. The zero-order chi connectivity index (χ0) is 27.7. The van der Waals surface area contributed by atoms with Crippen molar-refractivity contribution in [3.63, 3.8) is 0 Å². The van der Waals surface area contributed by atoms with Crippen molar-refractivity contribution in [3.8, 4) is 5.75 Å². The van der Waals surface area contributed by atoms with Crippen LogP contribution in [0.4, 0.5) is 16.2 Å². The topological polar surface area (TPSA) is 119 Å². The van der Waals surface area contributed by atoms with E-state index < -0.39 is 22.8 Å². The van der Waals surface area contributed by atoms with Crippen LogP contribution in [0, 0.1) is 24.0 Å². The maximum atomic E-state index is 13.6. The zero-order valence-corrected chi connectivity index (χ0v) is 21.1. The van der Waals surface area contributed by atoms with Gasteiger partial charge in [-0.1, -0.05) is 48.5 Å². The summed E-state index contributed by atoms with van der Waals surface area (Å²) >= 11 is 0. The lowest BCUT2D eigenvalue weighted by atomic mass is 9.99. The van der Waals surface area contributed by atoms with Gasteiger partial charge in [0.05, 0.1) is 10.6 Å². The van der Waals surface area contributed by atoms with Gasteiger partial charge in [-0.05, 0) is 65.6 Å². The van der Waals surface area contributed by atoms with Crippen molar-refractivity contribution in [2.45, 2.75) is 20.5 Å². The summed E-state index contributed by atoms with van der Waals surface area (Å²) in [6.45, 7) is 3.72. The minimum atomic E-state index is -0.827. The molecule has 194 valence electrons. The first-order chi connectivity index (χ1) is 18.7. The Kier molecular flexibility index (Phi) is 6.64. The van der Waals surface area contributed by atoms with E-state index in [1.54, 1.807) is 30.3 Å². The Bertz CT molecular complexity index is 1690. The predicted molar refractivity (Wildman–Crippen MR) is 146 cm³/mol. The number of aryl methyl sites for hydroxylation is 2. The molecule has 1 aliphatic heterocycles. The smallest absolute Gasteiger partial charge is 0.335 e. The Balaban J connectivity index is 1.57. The van der Waals surface area contributed by atoms with Crippen molar-refractivity contribution in [2.24, 2.45) is 0 Å². The first-order valence-electron chi connectivity index (χ1n) is 12.1. The van der Waals surface area contributed by atoms with E-state index in [0.717, 1.165) is 26.8 Å². The summed E-state index contributed by atoms with van der Waals surface area (Å²) in [7, 11) is 0. The molecular formula is C30H23N3O6. The number of benzene rings is 4. The Labute approximate surface area is 223 Å². The number of imide groups is 2. The van der Waals surface area contributed by atoms with Crippen LogP contribution in [-0.2, 0) is 16.2 Å². The van der Waals surface area contributed by atoms with Crippen LogP contribution in [-0.4, -0.2) is 22.8 Å². The summed E-state index contributed by atoms with van der Waals surface area (Å²) in [6.07, 6.45) is 1.42. The Morgan fingerprint density at radius 2 is 1.67 bits per heavy atom. The Morgan fingerprint density at radius 3 is 2.41 bits per heavy atom. The normalized spacial score (nSPS) is 14.6. The molecule has 1 fully saturated rings. The molecule has 4 aromatic carbocycles. The van der Waals surface area contributed by atoms with Crippen molar-refractivity contribution in [1.82, 2.24) is 5.32 Å². The molecule has 1 N–H and O–H groups in total. The summed E-state index contributed by atoms with van der Waals surface area (Å²) in [5, 5.41) is 15.0. The molecule has 39 heavy (non-hydrogen) atoms. The van der Waals surface area contributed by atoms with Crippen molar-refractivity contribution in [1.29, 1.82) is 0 Å². The second-order valence-corrected chi connectivity index (χ2v) is 9.22. The molecule has 9 nitrogen and oxygen atoms in total. The van der Waals surface area contributed by atoms with Gasteiger partial charge in [0, 0.05) is 17.7 Å². The van der Waals surface area contributed by atoms with Crippen molar-refractivity contribution in [3.05, 3.63) is 117 Å². The maximum Gasteiger partial charge on any atom is 0.335 e. The predicted octanol–water partition coefficient (Wildman–Crippen LogP) is 5.61. The lowest BCUT2D eigenvalue weighted by Gasteiger charge is -2.27. The third-order valence-electron chi connectivity index (χ3n) is 6.30. The second kappa shape index (κ2) is 10.2. The molecule has 0 atom stereocenters. The molecule has 0 aromatic heterocycles. The van der Waals surface area contributed by atoms with Gasteiger partial charge in [-0.15, -0.1) is 0 Å². The second-order valence-electron chi connectivity index (χ2n) is 9.22. The number of barbiturate groups is 1. The summed E-state index contributed by atoms with van der Waals surface area (Å²) in [5.74, 6) is -1.21. The molecular weight excluding hydrogens is 498 g/mol. The number of carbonyl (C=O) groups excluding carboxylic acids is 3. The monoisotopic (exact) mass is 521 g/mol. The highest BCUT2D eigenvalue weighted by Crippen LogP contribution is 2.33. The molecule has 1 aliphatic rings. The third-order valence-corrected chi connectivity index (χ3v) is 6.30.